The minimum absolute atomic E-state index is 0.0404. The Morgan fingerprint density at radius 1 is 1.20 bits per heavy atom. The predicted octanol–water partition coefficient (Wildman–Crippen LogP) is 2.44. The van der Waals surface area contributed by atoms with Crippen LogP contribution in [0.5, 0.6) is 0 Å². The van der Waals surface area contributed by atoms with Crippen LogP contribution in [0.4, 0.5) is 4.39 Å². The number of carbonyl (C=O) groups is 1. The Morgan fingerprint density at radius 3 is 2.52 bits per heavy atom. The molecule has 1 N–H and O–H groups in total. The molecule has 0 saturated carbocycles. The molecule has 1 aromatic carbocycles. The first kappa shape index (κ1) is 18.9. The maximum atomic E-state index is 13.1. The van der Waals surface area contributed by atoms with Crippen LogP contribution in [-0.4, -0.2) is 42.1 Å². The second-order valence-corrected chi connectivity index (χ2v) is 6.42. The van der Waals surface area contributed by atoms with Crippen LogP contribution < -0.4 is 10.9 Å². The van der Waals surface area contributed by atoms with E-state index in [9.17, 15) is 14.0 Å². The highest BCUT2D eigenvalue weighted by atomic mass is 19.1. The third-order valence-corrected chi connectivity index (χ3v) is 3.90. The third-order valence-electron chi connectivity index (χ3n) is 3.90. The Hall–Kier alpha value is -2.47. The number of hydrogen-bond acceptors (Lipinski definition) is 3. The molecule has 134 valence electrons. The summed E-state index contributed by atoms with van der Waals surface area (Å²) in [6.45, 7) is 2.93. The second kappa shape index (κ2) is 8.58. The number of hydrogen-bond donors (Lipinski definition) is 1. The summed E-state index contributed by atoms with van der Waals surface area (Å²) in [7, 11) is 4.03. The molecule has 0 bridgehead atoms. The molecule has 2 aromatic rings. The SMILES string of the molecule is CC(CCCN(C)C)NC(=O)c1ccc(=O)n(-c2ccc(F)cc2)c1. The van der Waals surface area contributed by atoms with Gasteiger partial charge in [-0.1, -0.05) is 0 Å². The molecule has 6 heteroatoms. The van der Waals surface area contributed by atoms with Crippen molar-refractivity contribution in [2.75, 3.05) is 20.6 Å². The number of rotatable bonds is 7. The number of pyridine rings is 1. The van der Waals surface area contributed by atoms with Gasteiger partial charge in [0, 0.05) is 24.0 Å². The average molecular weight is 345 g/mol. The maximum absolute atomic E-state index is 13.1. The maximum Gasteiger partial charge on any atom is 0.255 e. The zero-order chi connectivity index (χ0) is 18.4. The van der Waals surface area contributed by atoms with E-state index in [-0.39, 0.29) is 23.3 Å². The van der Waals surface area contributed by atoms with Crippen LogP contribution in [-0.2, 0) is 0 Å². The van der Waals surface area contributed by atoms with Gasteiger partial charge in [0.15, 0.2) is 0 Å². The van der Waals surface area contributed by atoms with Crippen molar-refractivity contribution in [3.63, 3.8) is 0 Å². The molecule has 1 aromatic heterocycles. The van der Waals surface area contributed by atoms with Crippen LogP contribution >= 0.6 is 0 Å². The molecule has 1 amide bonds. The zero-order valence-corrected chi connectivity index (χ0v) is 14.8. The Bertz CT molecular complexity index is 769. The van der Waals surface area contributed by atoms with Gasteiger partial charge in [-0.3, -0.25) is 14.2 Å². The fourth-order valence-corrected chi connectivity index (χ4v) is 2.52. The smallest absolute Gasteiger partial charge is 0.255 e. The second-order valence-electron chi connectivity index (χ2n) is 6.42. The van der Waals surface area contributed by atoms with Crippen LogP contribution in [0.25, 0.3) is 5.69 Å². The zero-order valence-electron chi connectivity index (χ0n) is 14.8. The van der Waals surface area contributed by atoms with Gasteiger partial charge in [0.2, 0.25) is 0 Å². The number of amides is 1. The van der Waals surface area contributed by atoms with Gasteiger partial charge in [0.25, 0.3) is 11.5 Å². The van der Waals surface area contributed by atoms with E-state index >= 15 is 0 Å². The summed E-state index contributed by atoms with van der Waals surface area (Å²) >= 11 is 0. The van der Waals surface area contributed by atoms with Crippen molar-refractivity contribution in [3.05, 3.63) is 64.3 Å². The molecular weight excluding hydrogens is 321 g/mol. The highest BCUT2D eigenvalue weighted by Gasteiger charge is 2.12. The fraction of sp³-hybridized carbons (Fsp3) is 0.368. The summed E-state index contributed by atoms with van der Waals surface area (Å²) in [6.07, 6.45) is 3.35. The van der Waals surface area contributed by atoms with Gasteiger partial charge in [0.1, 0.15) is 5.82 Å². The van der Waals surface area contributed by atoms with Crippen molar-refractivity contribution >= 4 is 5.91 Å². The highest BCUT2D eigenvalue weighted by molar-refractivity contribution is 5.94. The fourth-order valence-electron chi connectivity index (χ4n) is 2.52. The number of nitrogens with one attached hydrogen (secondary N) is 1. The number of aromatic nitrogens is 1. The van der Waals surface area contributed by atoms with Gasteiger partial charge in [0.05, 0.1) is 5.56 Å². The Morgan fingerprint density at radius 2 is 1.88 bits per heavy atom. The first-order valence-corrected chi connectivity index (χ1v) is 8.31. The standard InChI is InChI=1S/C19H24FN3O2/c1-14(5-4-12-22(2)3)21-19(25)15-6-11-18(24)23(13-15)17-9-7-16(20)8-10-17/h6-11,13-14H,4-5,12H2,1-3H3,(H,21,25). The lowest BCUT2D eigenvalue weighted by Crippen LogP contribution is -2.34. The van der Waals surface area contributed by atoms with Crippen LogP contribution in [0.15, 0.2) is 47.4 Å². The van der Waals surface area contributed by atoms with Crippen molar-refractivity contribution in [3.8, 4) is 5.69 Å². The van der Waals surface area contributed by atoms with Crippen molar-refractivity contribution < 1.29 is 9.18 Å². The van der Waals surface area contributed by atoms with Crippen LogP contribution in [0.3, 0.4) is 0 Å². The Balaban J connectivity index is 2.09. The molecule has 0 aliphatic carbocycles. The minimum Gasteiger partial charge on any atom is -0.350 e. The van der Waals surface area contributed by atoms with E-state index in [4.69, 9.17) is 0 Å². The van der Waals surface area contributed by atoms with Crippen molar-refractivity contribution in [2.45, 2.75) is 25.8 Å². The molecule has 0 aliphatic rings. The van der Waals surface area contributed by atoms with Crippen LogP contribution in [0, 0.1) is 5.82 Å². The summed E-state index contributed by atoms with van der Waals surface area (Å²) in [5, 5.41) is 2.94. The van der Waals surface area contributed by atoms with Crippen LogP contribution in [0.2, 0.25) is 0 Å². The summed E-state index contributed by atoms with van der Waals surface area (Å²) in [4.78, 5) is 26.5. The quantitative estimate of drug-likeness (QED) is 0.839. The molecule has 25 heavy (non-hydrogen) atoms. The summed E-state index contributed by atoms with van der Waals surface area (Å²) < 4.78 is 14.4. The van der Waals surface area contributed by atoms with Crippen molar-refractivity contribution in [1.29, 1.82) is 0 Å². The van der Waals surface area contributed by atoms with E-state index in [2.05, 4.69) is 10.2 Å². The number of carbonyl (C=O) groups excluding carboxylic acids is 1. The first-order valence-electron chi connectivity index (χ1n) is 8.31. The number of nitrogens with zero attached hydrogens (tertiary/aromatic N) is 2. The number of halogens is 1. The molecule has 5 nitrogen and oxygen atoms in total. The third kappa shape index (κ3) is 5.53. The van der Waals surface area contributed by atoms with Gasteiger partial charge in [-0.05, 0) is 70.7 Å². The monoisotopic (exact) mass is 345 g/mol. The van der Waals surface area contributed by atoms with E-state index in [1.165, 1.54) is 47.2 Å². The minimum atomic E-state index is -0.378. The highest BCUT2D eigenvalue weighted by Crippen LogP contribution is 2.08. The topological polar surface area (TPSA) is 54.3 Å². The van der Waals surface area contributed by atoms with E-state index in [1.54, 1.807) is 0 Å². The molecule has 0 spiro atoms. The summed E-state index contributed by atoms with van der Waals surface area (Å²) in [5.74, 6) is -0.606. The van der Waals surface area contributed by atoms with Crippen LogP contribution in [0.1, 0.15) is 30.1 Å². The normalized spacial score (nSPS) is 12.2. The van der Waals surface area contributed by atoms with Gasteiger partial charge < -0.3 is 10.2 Å². The van der Waals surface area contributed by atoms with Gasteiger partial charge in [-0.15, -0.1) is 0 Å². The van der Waals surface area contributed by atoms with Crippen molar-refractivity contribution in [2.24, 2.45) is 0 Å². The molecular formula is C19H24FN3O2. The van der Waals surface area contributed by atoms with Crippen molar-refractivity contribution in [1.82, 2.24) is 14.8 Å². The summed E-state index contributed by atoms with van der Waals surface area (Å²) in [6, 6.07) is 8.45. The number of benzene rings is 1. The van der Waals surface area contributed by atoms with E-state index in [0.717, 1.165) is 19.4 Å². The van der Waals surface area contributed by atoms with E-state index < -0.39 is 0 Å². The summed E-state index contributed by atoms with van der Waals surface area (Å²) in [5.41, 5.74) is 0.630. The molecule has 1 heterocycles. The Labute approximate surface area is 147 Å². The molecule has 2 rings (SSSR count). The van der Waals surface area contributed by atoms with Gasteiger partial charge >= 0.3 is 0 Å². The molecule has 1 unspecified atom stereocenters. The first-order chi connectivity index (χ1) is 11.9. The van der Waals surface area contributed by atoms with E-state index in [1.807, 2.05) is 21.0 Å². The lowest BCUT2D eigenvalue weighted by molar-refractivity contribution is 0.0937. The lowest BCUT2D eigenvalue weighted by Gasteiger charge is -2.16. The molecule has 1 atom stereocenters. The van der Waals surface area contributed by atoms with Gasteiger partial charge in [-0.25, -0.2) is 4.39 Å². The predicted molar refractivity (Wildman–Crippen MR) is 96.7 cm³/mol. The molecule has 0 saturated heterocycles. The van der Waals surface area contributed by atoms with Gasteiger partial charge in [-0.2, -0.15) is 0 Å². The Kier molecular flexibility index (Phi) is 6.47. The molecule has 0 aliphatic heterocycles. The lowest BCUT2D eigenvalue weighted by atomic mass is 10.1. The molecule has 0 radical (unpaired) electrons. The largest absolute Gasteiger partial charge is 0.350 e. The molecule has 0 fully saturated rings. The average Bonchev–Trinajstić information content (AvgIpc) is 2.55. The van der Waals surface area contributed by atoms with E-state index in [0.29, 0.717) is 11.3 Å².